The van der Waals surface area contributed by atoms with Crippen LogP contribution in [0.4, 0.5) is 29.1 Å². The molecule has 4 rings (SSSR count). The zero-order valence-corrected chi connectivity index (χ0v) is 17.2. The van der Waals surface area contributed by atoms with E-state index in [0.29, 0.717) is 36.7 Å². The van der Waals surface area contributed by atoms with Crippen LogP contribution in [0.3, 0.4) is 0 Å². The molecule has 2 N–H and O–H groups in total. The van der Waals surface area contributed by atoms with Gasteiger partial charge in [0.1, 0.15) is 11.9 Å². The summed E-state index contributed by atoms with van der Waals surface area (Å²) in [6, 6.07) is 3.30. The number of rotatable bonds is 4. The van der Waals surface area contributed by atoms with Gasteiger partial charge in [0, 0.05) is 38.9 Å². The molecule has 2 aliphatic heterocycles. The molecule has 1 atom stereocenters. The molecule has 170 valence electrons. The van der Waals surface area contributed by atoms with Crippen LogP contribution in [0, 0.1) is 5.82 Å². The predicted molar refractivity (Wildman–Crippen MR) is 109 cm³/mol. The lowest BCUT2D eigenvalue weighted by Gasteiger charge is -2.44. The van der Waals surface area contributed by atoms with E-state index >= 15 is 0 Å². The number of carbonyl (C=O) groups excluding carboxylic acids is 2. The van der Waals surface area contributed by atoms with Gasteiger partial charge in [-0.15, -0.1) is 0 Å². The lowest BCUT2D eigenvalue weighted by Crippen LogP contribution is -2.60. The molecule has 7 nitrogen and oxygen atoms in total. The van der Waals surface area contributed by atoms with E-state index in [0.717, 1.165) is 18.2 Å². The number of pyridine rings is 1. The number of carbonyl (C=O) groups is 2. The summed E-state index contributed by atoms with van der Waals surface area (Å²) in [6.07, 6.45) is -3.18. The van der Waals surface area contributed by atoms with E-state index < -0.39 is 23.6 Å². The third-order valence-corrected chi connectivity index (χ3v) is 5.53. The molecule has 11 heteroatoms. The Hall–Kier alpha value is -3.21. The topological polar surface area (TPSA) is 77.6 Å². The molecule has 0 spiro atoms. The van der Waals surface area contributed by atoms with Crippen molar-refractivity contribution in [2.24, 2.45) is 0 Å². The van der Waals surface area contributed by atoms with Crippen molar-refractivity contribution < 1.29 is 27.2 Å². The maximum atomic E-state index is 13.6. The molecule has 3 heterocycles. The second-order valence-corrected chi connectivity index (χ2v) is 7.69. The molecule has 1 fully saturated rings. The number of amides is 2. The third-order valence-electron chi connectivity index (χ3n) is 5.53. The Morgan fingerprint density at radius 2 is 2.06 bits per heavy atom. The van der Waals surface area contributed by atoms with Gasteiger partial charge in [-0.3, -0.25) is 14.5 Å². The molecule has 0 saturated carbocycles. The van der Waals surface area contributed by atoms with Crippen molar-refractivity contribution in [2.75, 3.05) is 36.4 Å². The number of fused-ring (bicyclic) bond motifs is 3. The van der Waals surface area contributed by atoms with Gasteiger partial charge in [-0.25, -0.2) is 9.37 Å². The number of aromatic nitrogens is 1. The average molecular weight is 451 g/mol. The van der Waals surface area contributed by atoms with Gasteiger partial charge in [0.05, 0.1) is 16.8 Å². The Morgan fingerprint density at radius 3 is 2.78 bits per heavy atom. The molecule has 2 aliphatic rings. The van der Waals surface area contributed by atoms with E-state index in [4.69, 9.17) is 0 Å². The standard InChI is InChI=1S/C21H21F4N5O2/c1-2-26-19(31)12-8-16-18(27-9-12)30-6-5-29(11-17(30)20(32)28-16)10-13-7-14(22)3-4-15(13)21(23,24)25/h3-4,7-9,17H,2,5-6,10-11H2,1H3,(H,26,31)(H,28,32). The van der Waals surface area contributed by atoms with Crippen molar-refractivity contribution in [3.63, 3.8) is 0 Å². The van der Waals surface area contributed by atoms with Gasteiger partial charge in [0.2, 0.25) is 5.91 Å². The maximum absolute atomic E-state index is 13.6. The number of benzene rings is 1. The van der Waals surface area contributed by atoms with Gasteiger partial charge in [-0.1, -0.05) is 0 Å². The van der Waals surface area contributed by atoms with Crippen molar-refractivity contribution in [1.29, 1.82) is 0 Å². The summed E-state index contributed by atoms with van der Waals surface area (Å²) in [5.74, 6) is -0.890. The molecule has 1 saturated heterocycles. The summed E-state index contributed by atoms with van der Waals surface area (Å²) in [4.78, 5) is 32.6. The Bertz CT molecular complexity index is 1060. The molecular weight excluding hydrogens is 430 g/mol. The van der Waals surface area contributed by atoms with Crippen LogP contribution in [0.1, 0.15) is 28.4 Å². The smallest absolute Gasteiger partial charge is 0.352 e. The highest BCUT2D eigenvalue weighted by molar-refractivity contribution is 6.05. The first-order valence-electron chi connectivity index (χ1n) is 10.1. The minimum atomic E-state index is -4.60. The summed E-state index contributed by atoms with van der Waals surface area (Å²) < 4.78 is 53.6. The van der Waals surface area contributed by atoms with Crippen LogP contribution < -0.4 is 15.5 Å². The molecule has 1 aromatic heterocycles. The van der Waals surface area contributed by atoms with Crippen molar-refractivity contribution in [2.45, 2.75) is 25.7 Å². The average Bonchev–Trinajstić information content (AvgIpc) is 2.73. The van der Waals surface area contributed by atoms with E-state index in [9.17, 15) is 27.2 Å². The van der Waals surface area contributed by atoms with Crippen LogP contribution in [0.2, 0.25) is 0 Å². The monoisotopic (exact) mass is 451 g/mol. The molecule has 2 amide bonds. The molecule has 2 aromatic rings. The summed E-state index contributed by atoms with van der Waals surface area (Å²) in [5, 5.41) is 5.40. The molecule has 0 aliphatic carbocycles. The molecule has 32 heavy (non-hydrogen) atoms. The van der Waals surface area contributed by atoms with E-state index in [-0.39, 0.29) is 30.5 Å². The highest BCUT2D eigenvalue weighted by Gasteiger charge is 2.39. The summed E-state index contributed by atoms with van der Waals surface area (Å²) >= 11 is 0. The lowest BCUT2D eigenvalue weighted by molar-refractivity contribution is -0.138. The molecule has 0 bridgehead atoms. The first-order valence-corrected chi connectivity index (χ1v) is 10.1. The zero-order valence-electron chi connectivity index (χ0n) is 17.2. The fraction of sp³-hybridized carbons (Fsp3) is 0.381. The van der Waals surface area contributed by atoms with Crippen molar-refractivity contribution >= 4 is 23.3 Å². The number of piperazine rings is 1. The Labute approximate surface area is 181 Å². The number of halogens is 4. The minimum absolute atomic E-state index is 0.138. The predicted octanol–water partition coefficient (Wildman–Crippen LogP) is 2.63. The third kappa shape index (κ3) is 4.24. The zero-order chi connectivity index (χ0) is 23.0. The van der Waals surface area contributed by atoms with Crippen molar-refractivity contribution in [3.05, 3.63) is 53.0 Å². The van der Waals surface area contributed by atoms with Gasteiger partial charge < -0.3 is 15.5 Å². The fourth-order valence-electron chi connectivity index (χ4n) is 4.05. The van der Waals surface area contributed by atoms with E-state index in [1.807, 2.05) is 0 Å². The Balaban J connectivity index is 1.54. The Kier molecular flexibility index (Phi) is 5.76. The van der Waals surface area contributed by atoms with Crippen LogP contribution >= 0.6 is 0 Å². The SMILES string of the molecule is CCNC(=O)c1cnc2c(c1)NC(=O)C1CN(Cc3cc(F)ccc3C(F)(F)F)CCN21. The summed E-state index contributed by atoms with van der Waals surface area (Å²) in [7, 11) is 0. The molecule has 1 aromatic carbocycles. The van der Waals surface area contributed by atoms with Gasteiger partial charge in [0.25, 0.3) is 5.91 Å². The highest BCUT2D eigenvalue weighted by atomic mass is 19.4. The number of nitrogens with zero attached hydrogens (tertiary/aromatic N) is 3. The normalized spacial score (nSPS) is 18.6. The van der Waals surface area contributed by atoms with Gasteiger partial charge in [-0.05, 0) is 36.8 Å². The minimum Gasteiger partial charge on any atom is -0.352 e. The highest BCUT2D eigenvalue weighted by Crippen LogP contribution is 2.35. The maximum Gasteiger partial charge on any atom is 0.416 e. The van der Waals surface area contributed by atoms with Crippen molar-refractivity contribution in [1.82, 2.24) is 15.2 Å². The first kappa shape index (κ1) is 22.0. The number of hydrogen-bond acceptors (Lipinski definition) is 5. The second-order valence-electron chi connectivity index (χ2n) is 7.69. The van der Waals surface area contributed by atoms with Crippen LogP contribution in [0.5, 0.6) is 0 Å². The second kappa shape index (κ2) is 8.38. The lowest BCUT2D eigenvalue weighted by atomic mass is 10.0. The molecular formula is C21H21F4N5O2. The van der Waals surface area contributed by atoms with Gasteiger partial charge in [0.15, 0.2) is 5.82 Å². The van der Waals surface area contributed by atoms with Crippen molar-refractivity contribution in [3.8, 4) is 0 Å². The van der Waals surface area contributed by atoms with Crippen LogP contribution in [-0.4, -0.2) is 53.9 Å². The van der Waals surface area contributed by atoms with Crippen LogP contribution in [0.15, 0.2) is 30.5 Å². The van der Waals surface area contributed by atoms with Gasteiger partial charge >= 0.3 is 6.18 Å². The molecule has 1 unspecified atom stereocenters. The van der Waals surface area contributed by atoms with E-state index in [2.05, 4.69) is 15.6 Å². The number of alkyl halides is 3. The van der Waals surface area contributed by atoms with Crippen LogP contribution in [-0.2, 0) is 17.5 Å². The number of anilines is 2. The van der Waals surface area contributed by atoms with Crippen LogP contribution in [0.25, 0.3) is 0 Å². The summed E-state index contributed by atoms with van der Waals surface area (Å²) in [5.41, 5.74) is -0.340. The molecule has 0 radical (unpaired) electrons. The first-order chi connectivity index (χ1) is 15.2. The Morgan fingerprint density at radius 1 is 1.28 bits per heavy atom. The largest absolute Gasteiger partial charge is 0.416 e. The quantitative estimate of drug-likeness (QED) is 0.699. The van der Waals surface area contributed by atoms with E-state index in [1.165, 1.54) is 6.20 Å². The van der Waals surface area contributed by atoms with Gasteiger partial charge in [-0.2, -0.15) is 13.2 Å². The fourth-order valence-corrected chi connectivity index (χ4v) is 4.05. The van der Waals surface area contributed by atoms with E-state index in [1.54, 1.807) is 22.8 Å². The number of hydrogen-bond donors (Lipinski definition) is 2. The summed E-state index contributed by atoms with van der Waals surface area (Å²) in [6.45, 7) is 2.95. The number of nitrogens with one attached hydrogen (secondary N) is 2.